The first kappa shape index (κ1) is 14.2. The van der Waals surface area contributed by atoms with E-state index in [1.807, 2.05) is 41.8 Å². The van der Waals surface area contributed by atoms with Gasteiger partial charge in [0, 0.05) is 22.3 Å². The summed E-state index contributed by atoms with van der Waals surface area (Å²) in [5.74, 6) is 0.143. The molecule has 0 radical (unpaired) electrons. The Morgan fingerprint density at radius 3 is 2.95 bits per heavy atom. The van der Waals surface area contributed by atoms with Gasteiger partial charge in [0.1, 0.15) is 0 Å². The summed E-state index contributed by atoms with van der Waals surface area (Å²) < 4.78 is 0. The molecule has 102 valence electrons. The molecule has 1 aromatic carbocycles. The lowest BCUT2D eigenvalue weighted by Gasteiger charge is -2.22. The highest BCUT2D eigenvalue weighted by atomic mass is 32.2. The Bertz CT molecular complexity index is 495. The minimum Gasteiger partial charge on any atom is -0.307 e. The molecule has 0 saturated heterocycles. The predicted molar refractivity (Wildman–Crippen MR) is 82.8 cm³/mol. The van der Waals surface area contributed by atoms with Crippen molar-refractivity contribution < 1.29 is 4.79 Å². The molecule has 1 atom stereocenters. The molecule has 0 saturated carbocycles. The SMILES string of the molecule is CC/C=C(\C)C(=O)N1CCC(C)Sc2ccccc21. The maximum Gasteiger partial charge on any atom is 0.253 e. The topological polar surface area (TPSA) is 20.3 Å². The van der Waals surface area contributed by atoms with Gasteiger partial charge in [0.15, 0.2) is 0 Å². The van der Waals surface area contributed by atoms with E-state index in [1.165, 1.54) is 4.90 Å². The zero-order chi connectivity index (χ0) is 13.8. The molecule has 2 nitrogen and oxygen atoms in total. The molecule has 0 aliphatic carbocycles. The van der Waals surface area contributed by atoms with Crippen molar-refractivity contribution in [1.29, 1.82) is 0 Å². The smallest absolute Gasteiger partial charge is 0.253 e. The molecule has 1 heterocycles. The summed E-state index contributed by atoms with van der Waals surface area (Å²) in [6, 6.07) is 8.22. The number of nitrogens with zero attached hydrogens (tertiary/aromatic N) is 1. The molecule has 0 aromatic heterocycles. The second-order valence-electron chi connectivity index (χ2n) is 4.94. The number of hydrogen-bond acceptors (Lipinski definition) is 2. The standard InChI is InChI=1S/C16H21NOS/c1-4-7-12(2)16(18)17-11-10-13(3)19-15-9-6-5-8-14(15)17/h5-9,13H,4,10-11H2,1-3H3/b12-7+. The Morgan fingerprint density at radius 2 is 2.21 bits per heavy atom. The quantitative estimate of drug-likeness (QED) is 0.752. The van der Waals surface area contributed by atoms with E-state index in [2.05, 4.69) is 26.0 Å². The number of anilines is 1. The number of rotatable bonds is 2. The first-order valence-electron chi connectivity index (χ1n) is 6.87. The van der Waals surface area contributed by atoms with Gasteiger partial charge in [-0.05, 0) is 31.9 Å². The van der Waals surface area contributed by atoms with Gasteiger partial charge in [0.05, 0.1) is 5.69 Å². The Hall–Kier alpha value is -1.22. The lowest BCUT2D eigenvalue weighted by atomic mass is 10.2. The minimum absolute atomic E-state index is 0.143. The molecule has 1 amide bonds. The molecule has 0 bridgehead atoms. The highest BCUT2D eigenvalue weighted by Gasteiger charge is 2.24. The lowest BCUT2D eigenvalue weighted by molar-refractivity contribution is -0.115. The summed E-state index contributed by atoms with van der Waals surface area (Å²) in [6.07, 6.45) is 3.94. The zero-order valence-electron chi connectivity index (χ0n) is 11.8. The van der Waals surface area contributed by atoms with Gasteiger partial charge in [-0.2, -0.15) is 0 Å². The molecule has 3 heteroatoms. The van der Waals surface area contributed by atoms with Gasteiger partial charge in [-0.15, -0.1) is 11.8 Å². The Morgan fingerprint density at radius 1 is 1.47 bits per heavy atom. The third-order valence-electron chi connectivity index (χ3n) is 3.34. The number of hydrogen-bond donors (Lipinski definition) is 0. The summed E-state index contributed by atoms with van der Waals surface area (Å²) in [6.45, 7) is 7.00. The van der Waals surface area contributed by atoms with E-state index in [1.54, 1.807) is 0 Å². The third kappa shape index (κ3) is 3.21. The molecular weight excluding hydrogens is 254 g/mol. The van der Waals surface area contributed by atoms with Gasteiger partial charge < -0.3 is 4.90 Å². The van der Waals surface area contributed by atoms with E-state index in [0.717, 1.165) is 30.6 Å². The highest BCUT2D eigenvalue weighted by Crippen LogP contribution is 2.37. The largest absolute Gasteiger partial charge is 0.307 e. The van der Waals surface area contributed by atoms with Crippen LogP contribution in [0.15, 0.2) is 40.8 Å². The summed E-state index contributed by atoms with van der Waals surface area (Å²) in [7, 11) is 0. The zero-order valence-corrected chi connectivity index (χ0v) is 12.7. The van der Waals surface area contributed by atoms with E-state index in [-0.39, 0.29) is 5.91 Å². The van der Waals surface area contributed by atoms with Crippen LogP contribution >= 0.6 is 11.8 Å². The van der Waals surface area contributed by atoms with Crippen LogP contribution in [0.5, 0.6) is 0 Å². The van der Waals surface area contributed by atoms with Crippen molar-refractivity contribution >= 4 is 23.4 Å². The van der Waals surface area contributed by atoms with Crippen LogP contribution in [-0.2, 0) is 4.79 Å². The molecular formula is C16H21NOS. The number of carbonyl (C=O) groups is 1. The van der Waals surface area contributed by atoms with Crippen molar-refractivity contribution in [3.8, 4) is 0 Å². The van der Waals surface area contributed by atoms with E-state index < -0.39 is 0 Å². The van der Waals surface area contributed by atoms with E-state index >= 15 is 0 Å². The highest BCUT2D eigenvalue weighted by molar-refractivity contribution is 8.00. The van der Waals surface area contributed by atoms with Gasteiger partial charge in [0.2, 0.25) is 0 Å². The average Bonchev–Trinajstić information content (AvgIpc) is 2.56. The molecule has 0 fully saturated rings. The summed E-state index contributed by atoms with van der Waals surface area (Å²) in [5.41, 5.74) is 1.91. The molecule has 1 aliphatic heterocycles. The number of carbonyl (C=O) groups excluding carboxylic acids is 1. The van der Waals surface area contributed by atoms with Crippen LogP contribution in [0, 0.1) is 0 Å². The summed E-state index contributed by atoms with van der Waals surface area (Å²) in [5, 5.41) is 0.550. The fraction of sp³-hybridized carbons (Fsp3) is 0.438. The molecule has 19 heavy (non-hydrogen) atoms. The maximum atomic E-state index is 12.6. The minimum atomic E-state index is 0.143. The van der Waals surface area contributed by atoms with Crippen LogP contribution in [0.4, 0.5) is 5.69 Å². The van der Waals surface area contributed by atoms with Crippen LogP contribution < -0.4 is 4.90 Å². The predicted octanol–water partition coefficient (Wildman–Crippen LogP) is 4.26. The molecule has 1 unspecified atom stereocenters. The van der Waals surface area contributed by atoms with Crippen molar-refractivity contribution in [1.82, 2.24) is 0 Å². The summed E-state index contributed by atoms with van der Waals surface area (Å²) >= 11 is 1.87. The van der Waals surface area contributed by atoms with Gasteiger partial charge in [-0.25, -0.2) is 0 Å². The van der Waals surface area contributed by atoms with Gasteiger partial charge in [-0.3, -0.25) is 4.79 Å². The van der Waals surface area contributed by atoms with Crippen molar-refractivity contribution in [3.05, 3.63) is 35.9 Å². The van der Waals surface area contributed by atoms with Crippen LogP contribution in [0.3, 0.4) is 0 Å². The normalized spacial score (nSPS) is 19.8. The number of fused-ring (bicyclic) bond motifs is 1. The van der Waals surface area contributed by atoms with Crippen LogP contribution in [-0.4, -0.2) is 17.7 Å². The Kier molecular flexibility index (Phi) is 4.70. The molecule has 1 aliphatic rings. The van der Waals surface area contributed by atoms with E-state index in [0.29, 0.717) is 5.25 Å². The fourth-order valence-corrected chi connectivity index (χ4v) is 3.42. The number of amides is 1. The molecule has 0 N–H and O–H groups in total. The Balaban J connectivity index is 2.36. The van der Waals surface area contributed by atoms with Crippen molar-refractivity contribution in [2.24, 2.45) is 0 Å². The van der Waals surface area contributed by atoms with Crippen molar-refractivity contribution in [3.63, 3.8) is 0 Å². The Labute approximate surface area is 119 Å². The fourth-order valence-electron chi connectivity index (χ4n) is 2.30. The second kappa shape index (κ2) is 6.29. The molecule has 2 rings (SSSR count). The molecule has 1 aromatic rings. The van der Waals surface area contributed by atoms with Gasteiger partial charge in [-0.1, -0.05) is 32.1 Å². The number of para-hydroxylation sites is 1. The number of allylic oxidation sites excluding steroid dienone is 1. The van der Waals surface area contributed by atoms with E-state index in [4.69, 9.17) is 0 Å². The average molecular weight is 275 g/mol. The number of thioether (sulfide) groups is 1. The maximum absolute atomic E-state index is 12.6. The first-order valence-corrected chi connectivity index (χ1v) is 7.75. The van der Waals surface area contributed by atoms with Crippen LogP contribution in [0.25, 0.3) is 0 Å². The van der Waals surface area contributed by atoms with Crippen molar-refractivity contribution in [2.75, 3.05) is 11.4 Å². The molecule has 0 spiro atoms. The van der Waals surface area contributed by atoms with Gasteiger partial charge >= 0.3 is 0 Å². The second-order valence-corrected chi connectivity index (χ2v) is 6.42. The first-order chi connectivity index (χ1) is 9.13. The number of benzene rings is 1. The third-order valence-corrected chi connectivity index (χ3v) is 4.57. The van der Waals surface area contributed by atoms with Crippen LogP contribution in [0.1, 0.15) is 33.6 Å². The lowest BCUT2D eigenvalue weighted by Crippen LogP contribution is -2.32. The monoisotopic (exact) mass is 275 g/mol. The van der Waals surface area contributed by atoms with Crippen molar-refractivity contribution in [2.45, 2.75) is 43.8 Å². The van der Waals surface area contributed by atoms with Crippen LogP contribution in [0.2, 0.25) is 0 Å². The van der Waals surface area contributed by atoms with Gasteiger partial charge in [0.25, 0.3) is 5.91 Å². The summed E-state index contributed by atoms with van der Waals surface area (Å²) in [4.78, 5) is 15.7. The van der Waals surface area contributed by atoms with E-state index in [9.17, 15) is 4.79 Å².